The fourth-order valence-electron chi connectivity index (χ4n) is 3.03. The van der Waals surface area contributed by atoms with Crippen molar-refractivity contribution in [2.45, 2.75) is 20.3 Å². The van der Waals surface area contributed by atoms with Crippen molar-refractivity contribution in [2.24, 2.45) is 5.41 Å². The number of hydrogen-bond donors (Lipinski definition) is 1. The number of fused-ring (bicyclic) bond motifs is 1. The smallest absolute Gasteiger partial charge is 0.236 e. The second kappa shape index (κ2) is 7.84. The van der Waals surface area contributed by atoms with Gasteiger partial charge < -0.3 is 15.0 Å². The predicted molar refractivity (Wildman–Crippen MR) is 107 cm³/mol. The number of ether oxygens (including phenoxy) is 1. The maximum atomic E-state index is 13.0. The lowest BCUT2D eigenvalue weighted by Crippen LogP contribution is -2.42. The van der Waals surface area contributed by atoms with Crippen LogP contribution in [0.25, 0.3) is 0 Å². The molecule has 0 unspecified atom stereocenters. The van der Waals surface area contributed by atoms with Gasteiger partial charge >= 0.3 is 0 Å². The molecule has 6 heteroatoms. The summed E-state index contributed by atoms with van der Waals surface area (Å²) in [6.45, 7) is 8.01. The highest BCUT2D eigenvalue weighted by molar-refractivity contribution is 6.01. The number of anilines is 2. The predicted octanol–water partition coefficient (Wildman–Crippen LogP) is 3.94. The van der Waals surface area contributed by atoms with Crippen molar-refractivity contribution in [1.82, 2.24) is 0 Å². The van der Waals surface area contributed by atoms with Gasteiger partial charge in [0.25, 0.3) is 0 Å². The van der Waals surface area contributed by atoms with Crippen LogP contribution < -0.4 is 15.0 Å². The quantitative estimate of drug-likeness (QED) is 0.797. The molecule has 0 fully saturated rings. The molecule has 1 aliphatic heterocycles. The summed E-state index contributed by atoms with van der Waals surface area (Å²) in [6, 6.07) is 11.0. The first-order chi connectivity index (χ1) is 13.3. The van der Waals surface area contributed by atoms with Gasteiger partial charge in [0.2, 0.25) is 11.8 Å². The summed E-state index contributed by atoms with van der Waals surface area (Å²) in [5.74, 6) is -0.0638. The van der Waals surface area contributed by atoms with Crippen LogP contribution in [-0.2, 0) is 16.0 Å². The average molecular weight is 382 g/mol. The summed E-state index contributed by atoms with van der Waals surface area (Å²) in [5, 5.41) is 2.82. The molecule has 146 valence electrons. The SMILES string of the molecule is C=CCN1C(=O)C(C)(C)COc2ccc(NC(=O)Cc3ccc(F)cc3)cc21. The minimum absolute atomic E-state index is 0.0686. The Bertz CT molecular complexity index is 906. The molecule has 5 nitrogen and oxygen atoms in total. The molecule has 2 aromatic carbocycles. The summed E-state index contributed by atoms with van der Waals surface area (Å²) in [7, 11) is 0. The summed E-state index contributed by atoms with van der Waals surface area (Å²) in [6.07, 6.45) is 1.78. The largest absolute Gasteiger partial charge is 0.490 e. The second-order valence-electron chi connectivity index (χ2n) is 7.41. The van der Waals surface area contributed by atoms with Crippen molar-refractivity contribution in [3.05, 3.63) is 66.5 Å². The topological polar surface area (TPSA) is 58.6 Å². The van der Waals surface area contributed by atoms with Crippen LogP contribution in [0.1, 0.15) is 19.4 Å². The first-order valence-corrected chi connectivity index (χ1v) is 9.04. The molecular formula is C22H23FN2O3. The average Bonchev–Trinajstić information content (AvgIpc) is 2.74. The van der Waals surface area contributed by atoms with Crippen molar-refractivity contribution in [1.29, 1.82) is 0 Å². The second-order valence-corrected chi connectivity index (χ2v) is 7.41. The van der Waals surface area contributed by atoms with Gasteiger partial charge in [0, 0.05) is 12.2 Å². The highest BCUT2D eigenvalue weighted by atomic mass is 19.1. The van der Waals surface area contributed by atoms with Crippen LogP contribution in [0.3, 0.4) is 0 Å². The van der Waals surface area contributed by atoms with E-state index in [4.69, 9.17) is 4.74 Å². The molecule has 0 saturated carbocycles. The summed E-state index contributed by atoms with van der Waals surface area (Å²) in [5.41, 5.74) is 1.18. The Balaban J connectivity index is 1.82. The summed E-state index contributed by atoms with van der Waals surface area (Å²) in [4.78, 5) is 26.9. The first kappa shape index (κ1) is 19.6. The van der Waals surface area contributed by atoms with E-state index in [0.29, 0.717) is 29.2 Å². The van der Waals surface area contributed by atoms with Gasteiger partial charge in [-0.2, -0.15) is 0 Å². The molecular weight excluding hydrogens is 359 g/mol. The van der Waals surface area contributed by atoms with E-state index in [9.17, 15) is 14.0 Å². The molecule has 0 aliphatic carbocycles. The lowest BCUT2D eigenvalue weighted by molar-refractivity contribution is -0.127. The van der Waals surface area contributed by atoms with E-state index in [-0.39, 0.29) is 30.7 Å². The Morgan fingerprint density at radius 1 is 1.29 bits per heavy atom. The highest BCUT2D eigenvalue weighted by Gasteiger charge is 2.37. The molecule has 28 heavy (non-hydrogen) atoms. The minimum atomic E-state index is -0.673. The van der Waals surface area contributed by atoms with Crippen LogP contribution in [0.2, 0.25) is 0 Å². The molecule has 0 radical (unpaired) electrons. The molecule has 1 N–H and O–H groups in total. The van der Waals surface area contributed by atoms with Gasteiger partial charge in [-0.3, -0.25) is 9.59 Å². The van der Waals surface area contributed by atoms with E-state index < -0.39 is 5.41 Å². The molecule has 2 aromatic rings. The molecule has 1 aliphatic rings. The number of carbonyl (C=O) groups excluding carboxylic acids is 2. The van der Waals surface area contributed by atoms with E-state index in [0.717, 1.165) is 0 Å². The lowest BCUT2D eigenvalue weighted by atomic mass is 9.93. The van der Waals surface area contributed by atoms with E-state index in [1.54, 1.807) is 41.3 Å². The van der Waals surface area contributed by atoms with Gasteiger partial charge in [-0.05, 0) is 49.7 Å². The zero-order valence-corrected chi connectivity index (χ0v) is 16.0. The third kappa shape index (κ3) is 4.22. The fraction of sp³-hybridized carbons (Fsp3) is 0.273. The zero-order chi connectivity index (χ0) is 20.3. The van der Waals surface area contributed by atoms with Crippen LogP contribution in [0.15, 0.2) is 55.1 Å². The van der Waals surface area contributed by atoms with Crippen molar-refractivity contribution in [3.63, 3.8) is 0 Å². The number of carbonyl (C=O) groups is 2. The molecule has 0 aromatic heterocycles. The Morgan fingerprint density at radius 3 is 2.68 bits per heavy atom. The number of amides is 2. The zero-order valence-electron chi connectivity index (χ0n) is 16.0. The highest BCUT2D eigenvalue weighted by Crippen LogP contribution is 2.38. The molecule has 2 amide bonds. The summed E-state index contributed by atoms with van der Waals surface area (Å²) < 4.78 is 18.8. The lowest BCUT2D eigenvalue weighted by Gasteiger charge is -2.27. The van der Waals surface area contributed by atoms with Crippen molar-refractivity contribution < 1.29 is 18.7 Å². The number of rotatable bonds is 5. The molecule has 3 rings (SSSR count). The Morgan fingerprint density at radius 2 is 2.00 bits per heavy atom. The van der Waals surface area contributed by atoms with Crippen molar-refractivity contribution >= 4 is 23.2 Å². The fourth-order valence-corrected chi connectivity index (χ4v) is 3.03. The maximum absolute atomic E-state index is 13.0. The van der Waals surface area contributed by atoms with Gasteiger partial charge in [0.1, 0.15) is 18.2 Å². The van der Waals surface area contributed by atoms with Gasteiger partial charge in [-0.25, -0.2) is 4.39 Å². The van der Waals surface area contributed by atoms with Gasteiger partial charge in [0.05, 0.1) is 17.5 Å². The molecule has 0 saturated heterocycles. The number of hydrogen-bond acceptors (Lipinski definition) is 3. The Hall–Kier alpha value is -3.15. The van der Waals surface area contributed by atoms with Crippen LogP contribution in [0.5, 0.6) is 5.75 Å². The van der Waals surface area contributed by atoms with E-state index in [1.807, 2.05) is 13.8 Å². The van der Waals surface area contributed by atoms with Crippen LogP contribution in [0, 0.1) is 11.2 Å². The normalized spacial score (nSPS) is 15.2. The van der Waals surface area contributed by atoms with Crippen LogP contribution in [0.4, 0.5) is 15.8 Å². The van der Waals surface area contributed by atoms with Crippen molar-refractivity contribution in [3.8, 4) is 5.75 Å². The number of benzene rings is 2. The van der Waals surface area contributed by atoms with Crippen LogP contribution >= 0.6 is 0 Å². The molecule has 0 atom stereocenters. The third-order valence-electron chi connectivity index (χ3n) is 4.54. The van der Waals surface area contributed by atoms with Crippen LogP contribution in [-0.4, -0.2) is 25.0 Å². The molecule has 0 bridgehead atoms. The standard InChI is InChI=1S/C22H23FN2O3/c1-4-11-25-18-13-17(9-10-19(18)28-14-22(2,3)21(25)27)24-20(26)12-15-5-7-16(23)8-6-15/h4-10,13H,1,11-12,14H2,2-3H3,(H,24,26). The van der Waals surface area contributed by atoms with E-state index in [1.165, 1.54) is 12.1 Å². The van der Waals surface area contributed by atoms with Gasteiger partial charge in [0.15, 0.2) is 0 Å². The number of halogens is 1. The maximum Gasteiger partial charge on any atom is 0.236 e. The Labute approximate surface area is 163 Å². The van der Waals surface area contributed by atoms with Gasteiger partial charge in [-0.1, -0.05) is 18.2 Å². The van der Waals surface area contributed by atoms with Gasteiger partial charge in [-0.15, -0.1) is 6.58 Å². The van der Waals surface area contributed by atoms with E-state index in [2.05, 4.69) is 11.9 Å². The molecule has 0 spiro atoms. The van der Waals surface area contributed by atoms with E-state index >= 15 is 0 Å². The summed E-state index contributed by atoms with van der Waals surface area (Å²) >= 11 is 0. The Kier molecular flexibility index (Phi) is 5.49. The monoisotopic (exact) mass is 382 g/mol. The van der Waals surface area contributed by atoms with Crippen molar-refractivity contribution in [2.75, 3.05) is 23.4 Å². The first-order valence-electron chi connectivity index (χ1n) is 9.04. The minimum Gasteiger partial charge on any atom is -0.490 e. The third-order valence-corrected chi connectivity index (χ3v) is 4.54. The number of nitrogens with zero attached hydrogens (tertiary/aromatic N) is 1. The molecule has 1 heterocycles. The number of nitrogens with one attached hydrogen (secondary N) is 1.